The molecule has 0 amide bonds. The van der Waals surface area contributed by atoms with E-state index in [0.29, 0.717) is 11.8 Å². The molecule has 2 aromatic carbocycles. The lowest BCUT2D eigenvalue weighted by Gasteiger charge is -2.25. The van der Waals surface area contributed by atoms with E-state index >= 15 is 0 Å². The Bertz CT molecular complexity index is 1120. The molecule has 0 saturated heterocycles. The van der Waals surface area contributed by atoms with Gasteiger partial charge in [0.15, 0.2) is 6.20 Å². The lowest BCUT2D eigenvalue weighted by molar-refractivity contribution is -0.660. The Balaban J connectivity index is 1.83. The van der Waals surface area contributed by atoms with Crippen molar-refractivity contribution in [2.24, 2.45) is 13.0 Å². The summed E-state index contributed by atoms with van der Waals surface area (Å²) in [4.78, 5) is 0. The summed E-state index contributed by atoms with van der Waals surface area (Å²) in [6.45, 7) is 9.09. The number of rotatable bonds is 3. The third-order valence-corrected chi connectivity index (χ3v) is 6.98. The molecule has 1 saturated carbocycles. The summed E-state index contributed by atoms with van der Waals surface area (Å²) in [7, 11) is 2.16. The first kappa shape index (κ1) is 18.7. The molecule has 29 heavy (non-hydrogen) atoms. The van der Waals surface area contributed by atoms with Crippen molar-refractivity contribution in [1.82, 2.24) is 0 Å². The predicted octanol–water partition coefficient (Wildman–Crippen LogP) is 6.91. The van der Waals surface area contributed by atoms with E-state index in [1.165, 1.54) is 70.0 Å². The van der Waals surface area contributed by atoms with Crippen LogP contribution >= 0.6 is 0 Å². The minimum Gasteiger partial charge on any atom is -0.449 e. The van der Waals surface area contributed by atoms with Crippen LogP contribution in [0.2, 0.25) is 0 Å². The van der Waals surface area contributed by atoms with Gasteiger partial charge in [-0.3, -0.25) is 0 Å². The van der Waals surface area contributed by atoms with Gasteiger partial charge >= 0.3 is 0 Å². The molecule has 0 unspecified atom stereocenters. The van der Waals surface area contributed by atoms with Crippen molar-refractivity contribution in [1.29, 1.82) is 0 Å². The fourth-order valence-corrected chi connectivity index (χ4v) is 5.47. The maximum absolute atomic E-state index is 6.77. The van der Waals surface area contributed by atoms with Gasteiger partial charge in [-0.1, -0.05) is 38.8 Å². The summed E-state index contributed by atoms with van der Waals surface area (Å²) in [5.41, 5.74) is 8.14. The average Bonchev–Trinajstić information content (AvgIpc) is 3.19. The van der Waals surface area contributed by atoms with Crippen LogP contribution in [-0.2, 0) is 13.5 Å². The third kappa shape index (κ3) is 2.96. The molecule has 2 heteroatoms. The first-order valence-electron chi connectivity index (χ1n) is 11.2. The normalized spacial score (nSPS) is 15.8. The van der Waals surface area contributed by atoms with Gasteiger partial charge in [-0.2, -0.15) is 4.57 Å². The Labute approximate surface area is 174 Å². The number of hydrogen-bond donors (Lipinski definition) is 0. The molecule has 0 bridgehead atoms. The Morgan fingerprint density at radius 2 is 1.86 bits per heavy atom. The second kappa shape index (κ2) is 6.86. The van der Waals surface area contributed by atoms with Crippen molar-refractivity contribution in [3.63, 3.8) is 0 Å². The van der Waals surface area contributed by atoms with E-state index in [0.717, 1.165) is 17.9 Å². The largest absolute Gasteiger partial charge is 0.449 e. The van der Waals surface area contributed by atoms with E-state index in [1.807, 2.05) is 0 Å². The molecule has 1 aromatic heterocycles. The molecule has 2 heterocycles. The minimum absolute atomic E-state index is 0.631. The minimum atomic E-state index is 0.631. The van der Waals surface area contributed by atoms with E-state index in [1.54, 1.807) is 0 Å². The van der Waals surface area contributed by atoms with E-state index < -0.39 is 0 Å². The van der Waals surface area contributed by atoms with Crippen LogP contribution in [0.4, 0.5) is 0 Å². The molecular formula is C27H32NO+. The standard InChI is InChI=1S/C27H32NO/c1-16(2)12-19-14-21-13-17(3)18(4)24-25(21)23(15-19)29-27-22(20-8-6-7-9-20)10-11-28(5)26(24)27/h10-11,13-16,20H,6-9,12H2,1-5H3/q+1. The van der Waals surface area contributed by atoms with Gasteiger partial charge in [-0.15, -0.1) is 0 Å². The second-order valence-corrected chi connectivity index (χ2v) is 9.63. The predicted molar refractivity (Wildman–Crippen MR) is 120 cm³/mol. The summed E-state index contributed by atoms with van der Waals surface area (Å²) in [5, 5.41) is 2.60. The molecule has 0 spiro atoms. The second-order valence-electron chi connectivity index (χ2n) is 9.63. The zero-order chi connectivity index (χ0) is 20.3. The summed E-state index contributed by atoms with van der Waals surface area (Å²) in [6, 6.07) is 9.33. The summed E-state index contributed by atoms with van der Waals surface area (Å²) >= 11 is 0. The lowest BCUT2D eigenvalue weighted by atomic mass is 9.86. The smallest absolute Gasteiger partial charge is 0.256 e. The van der Waals surface area contributed by atoms with Crippen LogP contribution in [0.1, 0.15) is 67.7 Å². The summed E-state index contributed by atoms with van der Waals surface area (Å²) in [5.74, 6) is 3.42. The van der Waals surface area contributed by atoms with Crippen LogP contribution in [0.5, 0.6) is 11.5 Å². The maximum atomic E-state index is 6.77. The van der Waals surface area contributed by atoms with E-state index in [9.17, 15) is 0 Å². The number of aryl methyl sites for hydroxylation is 2. The number of benzene rings is 2. The van der Waals surface area contributed by atoms with Gasteiger partial charge in [-0.05, 0) is 73.1 Å². The van der Waals surface area contributed by atoms with Gasteiger partial charge in [0, 0.05) is 17.0 Å². The molecule has 0 N–H and O–H groups in total. The van der Waals surface area contributed by atoms with Crippen molar-refractivity contribution in [2.45, 2.75) is 65.7 Å². The zero-order valence-electron chi connectivity index (χ0n) is 18.4. The molecule has 0 radical (unpaired) electrons. The highest BCUT2D eigenvalue weighted by Gasteiger charge is 2.34. The van der Waals surface area contributed by atoms with E-state index in [2.05, 4.69) is 69.8 Å². The fourth-order valence-electron chi connectivity index (χ4n) is 5.47. The first-order valence-corrected chi connectivity index (χ1v) is 11.2. The van der Waals surface area contributed by atoms with Gasteiger partial charge in [-0.25, -0.2) is 0 Å². The fraction of sp³-hybridized carbons (Fsp3) is 0.444. The van der Waals surface area contributed by atoms with E-state index in [4.69, 9.17) is 4.74 Å². The van der Waals surface area contributed by atoms with Crippen molar-refractivity contribution < 1.29 is 9.30 Å². The Morgan fingerprint density at radius 3 is 2.59 bits per heavy atom. The molecule has 1 aliphatic heterocycles. The van der Waals surface area contributed by atoms with Crippen molar-refractivity contribution in [2.75, 3.05) is 0 Å². The first-order chi connectivity index (χ1) is 13.9. The van der Waals surface area contributed by atoms with Gasteiger partial charge in [0.05, 0.1) is 5.56 Å². The number of pyridine rings is 1. The third-order valence-electron chi connectivity index (χ3n) is 6.98. The molecule has 1 fully saturated rings. The highest BCUT2D eigenvalue weighted by molar-refractivity contribution is 6.05. The number of hydrogen-bond acceptors (Lipinski definition) is 1. The number of nitrogens with zero attached hydrogens (tertiary/aromatic N) is 1. The summed E-state index contributed by atoms with van der Waals surface area (Å²) in [6.07, 6.45) is 8.56. The molecule has 1 aliphatic carbocycles. The zero-order valence-corrected chi connectivity index (χ0v) is 18.4. The highest BCUT2D eigenvalue weighted by atomic mass is 16.5. The molecule has 150 valence electrons. The molecule has 5 rings (SSSR count). The van der Waals surface area contributed by atoms with Crippen LogP contribution in [0.3, 0.4) is 0 Å². The van der Waals surface area contributed by atoms with Gasteiger partial charge in [0.1, 0.15) is 12.8 Å². The number of aromatic nitrogens is 1. The quantitative estimate of drug-likeness (QED) is 0.349. The number of fused-ring (bicyclic) bond motifs is 2. The Morgan fingerprint density at radius 1 is 1.10 bits per heavy atom. The maximum Gasteiger partial charge on any atom is 0.256 e. The molecule has 3 aromatic rings. The van der Waals surface area contributed by atoms with Crippen LogP contribution in [0.25, 0.3) is 22.0 Å². The van der Waals surface area contributed by atoms with Crippen LogP contribution in [-0.4, -0.2) is 0 Å². The SMILES string of the molecule is Cc1cc2cc(CC(C)C)cc3c2c(c1C)-c1c(c(C2CCCC2)cc[n+]1C)O3. The highest BCUT2D eigenvalue weighted by Crippen LogP contribution is 2.51. The average molecular weight is 387 g/mol. The topological polar surface area (TPSA) is 13.1 Å². The molecular weight excluding hydrogens is 354 g/mol. The van der Waals surface area contributed by atoms with Crippen LogP contribution in [0, 0.1) is 19.8 Å². The van der Waals surface area contributed by atoms with E-state index in [-0.39, 0.29) is 0 Å². The van der Waals surface area contributed by atoms with Gasteiger partial charge in [0.25, 0.3) is 5.69 Å². The van der Waals surface area contributed by atoms with Crippen molar-refractivity contribution in [3.8, 4) is 22.8 Å². The lowest BCUT2D eigenvalue weighted by Crippen LogP contribution is -2.32. The Kier molecular flexibility index (Phi) is 4.42. The van der Waals surface area contributed by atoms with Crippen molar-refractivity contribution in [3.05, 3.63) is 52.7 Å². The van der Waals surface area contributed by atoms with Gasteiger partial charge in [0.2, 0.25) is 5.75 Å². The van der Waals surface area contributed by atoms with Crippen molar-refractivity contribution >= 4 is 10.8 Å². The van der Waals surface area contributed by atoms with Crippen LogP contribution < -0.4 is 9.30 Å². The monoisotopic (exact) mass is 386 g/mol. The van der Waals surface area contributed by atoms with Crippen LogP contribution in [0.15, 0.2) is 30.5 Å². The molecule has 2 nitrogen and oxygen atoms in total. The van der Waals surface area contributed by atoms with Gasteiger partial charge < -0.3 is 4.74 Å². The number of ether oxygens (including phenoxy) is 1. The molecule has 0 atom stereocenters. The summed E-state index contributed by atoms with van der Waals surface area (Å²) < 4.78 is 9.03. The molecule has 2 aliphatic rings. The Hall–Kier alpha value is -2.35.